The van der Waals surface area contributed by atoms with Gasteiger partial charge in [-0.1, -0.05) is 27.4 Å². The minimum atomic E-state index is 0.0174. The minimum Gasteiger partial charge on any atom is -0.282 e. The first-order valence-electron chi connectivity index (χ1n) is 3.96. The van der Waals surface area contributed by atoms with E-state index in [-0.39, 0.29) is 11.3 Å². The van der Waals surface area contributed by atoms with Crippen molar-refractivity contribution >= 4 is 11.5 Å². The molecule has 12 heavy (non-hydrogen) atoms. The smallest absolute Gasteiger partial charge is 0.151 e. The Hall–Kier alpha value is -1.18. The Bertz CT molecular complexity index is 287. The van der Waals surface area contributed by atoms with Gasteiger partial charge in [0.25, 0.3) is 0 Å². The highest BCUT2D eigenvalue weighted by molar-refractivity contribution is 6.14. The van der Waals surface area contributed by atoms with Gasteiger partial charge in [0.1, 0.15) is 0 Å². The summed E-state index contributed by atoms with van der Waals surface area (Å²) >= 11 is 0. The zero-order valence-electron chi connectivity index (χ0n) is 7.81. The predicted octanol–water partition coefficient (Wildman–Crippen LogP) is 2.58. The summed E-state index contributed by atoms with van der Waals surface area (Å²) in [6.45, 7) is 9.94. The quantitative estimate of drug-likeness (QED) is 0.568. The molecule has 0 aliphatic carbocycles. The average molecular weight is 162 g/mol. The van der Waals surface area contributed by atoms with Crippen molar-refractivity contribution in [1.82, 2.24) is 0 Å². The summed E-state index contributed by atoms with van der Waals surface area (Å²) in [7, 11) is 0. The van der Waals surface area contributed by atoms with E-state index in [1.54, 1.807) is 0 Å². The van der Waals surface area contributed by atoms with E-state index in [4.69, 9.17) is 5.41 Å². The average Bonchev–Trinajstić information content (AvgIpc) is 1.92. The fraction of sp³-hybridized carbons (Fsp3) is 0.400. The van der Waals surface area contributed by atoms with Gasteiger partial charge in [0.2, 0.25) is 0 Å². The molecule has 0 aromatic carbocycles. The number of hydrogen-bond acceptors (Lipinski definition) is 1. The number of aliphatic imine (C=N–C) groups is 1. The number of allylic oxidation sites excluding steroid dienone is 1. The van der Waals surface area contributed by atoms with Crippen LogP contribution in [0.4, 0.5) is 0 Å². The predicted molar refractivity (Wildman–Crippen MR) is 52.9 cm³/mol. The summed E-state index contributed by atoms with van der Waals surface area (Å²) in [6, 6.07) is 0. The van der Waals surface area contributed by atoms with Crippen LogP contribution in [0, 0.1) is 10.8 Å². The van der Waals surface area contributed by atoms with E-state index in [0.717, 1.165) is 5.71 Å². The van der Waals surface area contributed by atoms with Crippen LogP contribution in [0.5, 0.6) is 0 Å². The Morgan fingerprint density at radius 1 is 1.33 bits per heavy atom. The third-order valence-corrected chi connectivity index (χ3v) is 1.75. The van der Waals surface area contributed by atoms with Gasteiger partial charge in [-0.05, 0) is 12.2 Å². The third-order valence-electron chi connectivity index (χ3n) is 1.75. The second kappa shape index (κ2) is 2.70. The summed E-state index contributed by atoms with van der Waals surface area (Å²) < 4.78 is 0. The van der Waals surface area contributed by atoms with Crippen molar-refractivity contribution in [2.45, 2.75) is 20.8 Å². The molecular weight excluding hydrogens is 148 g/mol. The highest BCUT2D eigenvalue weighted by atomic mass is 14.8. The third kappa shape index (κ3) is 1.70. The van der Waals surface area contributed by atoms with Crippen LogP contribution in [0.2, 0.25) is 0 Å². The first-order valence-corrected chi connectivity index (χ1v) is 3.96. The molecule has 0 unspecified atom stereocenters. The van der Waals surface area contributed by atoms with Crippen LogP contribution in [0.3, 0.4) is 0 Å². The first kappa shape index (κ1) is 8.91. The van der Waals surface area contributed by atoms with E-state index >= 15 is 0 Å². The number of nitrogens with zero attached hydrogens (tertiary/aromatic N) is 1. The van der Waals surface area contributed by atoms with Gasteiger partial charge in [0.15, 0.2) is 5.84 Å². The molecule has 1 heterocycles. The lowest BCUT2D eigenvalue weighted by Crippen LogP contribution is -2.21. The molecule has 1 rings (SSSR count). The van der Waals surface area contributed by atoms with Crippen LogP contribution in [-0.2, 0) is 0 Å². The Balaban J connectivity index is 2.99. The number of dihydropyridines is 1. The van der Waals surface area contributed by atoms with Gasteiger partial charge < -0.3 is 0 Å². The van der Waals surface area contributed by atoms with E-state index in [0.29, 0.717) is 5.57 Å². The standard InChI is InChI=1S/C10H14N2/c1-7-5-6-8(10(2,3)4)12-9(7)11/h5-6,11H,1H2,2-4H3. The highest BCUT2D eigenvalue weighted by Gasteiger charge is 2.19. The van der Waals surface area contributed by atoms with Gasteiger partial charge in [-0.3, -0.25) is 5.41 Å². The maximum absolute atomic E-state index is 7.47. The molecule has 0 fully saturated rings. The Kier molecular flexibility index (Phi) is 2.01. The second-order valence-corrected chi connectivity index (χ2v) is 3.95. The molecule has 0 spiro atoms. The molecule has 2 nitrogen and oxygen atoms in total. The maximum atomic E-state index is 7.47. The number of nitrogens with one attached hydrogen (secondary N) is 1. The molecule has 64 valence electrons. The summed E-state index contributed by atoms with van der Waals surface area (Å²) in [6.07, 6.45) is 3.77. The monoisotopic (exact) mass is 162 g/mol. The van der Waals surface area contributed by atoms with Crippen molar-refractivity contribution < 1.29 is 0 Å². The molecule has 0 saturated heterocycles. The molecule has 0 saturated carbocycles. The van der Waals surface area contributed by atoms with Crippen molar-refractivity contribution in [1.29, 1.82) is 5.41 Å². The van der Waals surface area contributed by atoms with Crippen molar-refractivity contribution in [3.05, 3.63) is 24.3 Å². The molecule has 1 N–H and O–H groups in total. The molecule has 0 bridgehead atoms. The Morgan fingerprint density at radius 3 is 2.33 bits per heavy atom. The van der Waals surface area contributed by atoms with Gasteiger partial charge in [0, 0.05) is 16.7 Å². The fourth-order valence-corrected chi connectivity index (χ4v) is 0.906. The van der Waals surface area contributed by atoms with Crippen LogP contribution in [-0.4, -0.2) is 11.5 Å². The van der Waals surface area contributed by atoms with Crippen molar-refractivity contribution in [3.63, 3.8) is 0 Å². The summed E-state index contributed by atoms with van der Waals surface area (Å²) in [5, 5.41) is 7.47. The van der Waals surface area contributed by atoms with Crippen LogP contribution in [0.15, 0.2) is 29.3 Å². The first-order chi connectivity index (χ1) is 5.41. The largest absolute Gasteiger partial charge is 0.282 e. The Labute approximate surface area is 73.2 Å². The molecule has 0 amide bonds. The molecule has 2 heteroatoms. The fourth-order valence-electron chi connectivity index (χ4n) is 0.906. The molecule has 0 atom stereocenters. The molecule has 0 radical (unpaired) electrons. The van der Waals surface area contributed by atoms with Gasteiger partial charge in [-0.25, -0.2) is 4.99 Å². The topological polar surface area (TPSA) is 36.2 Å². The summed E-state index contributed by atoms with van der Waals surface area (Å²) in [4.78, 5) is 4.15. The zero-order valence-corrected chi connectivity index (χ0v) is 7.81. The lowest BCUT2D eigenvalue weighted by molar-refractivity contribution is 0.594. The van der Waals surface area contributed by atoms with Crippen LogP contribution in [0.25, 0.3) is 0 Å². The number of rotatable bonds is 0. The van der Waals surface area contributed by atoms with Crippen LogP contribution in [0.1, 0.15) is 20.8 Å². The van der Waals surface area contributed by atoms with E-state index in [2.05, 4.69) is 32.3 Å². The minimum absolute atomic E-state index is 0.0174. The molecule has 1 aliphatic rings. The van der Waals surface area contributed by atoms with Gasteiger partial charge >= 0.3 is 0 Å². The van der Waals surface area contributed by atoms with E-state index in [9.17, 15) is 0 Å². The van der Waals surface area contributed by atoms with Gasteiger partial charge in [0.05, 0.1) is 0 Å². The second-order valence-electron chi connectivity index (χ2n) is 3.95. The lowest BCUT2D eigenvalue weighted by atomic mass is 9.88. The lowest BCUT2D eigenvalue weighted by Gasteiger charge is -2.21. The van der Waals surface area contributed by atoms with Gasteiger partial charge in [-0.2, -0.15) is 0 Å². The van der Waals surface area contributed by atoms with Crippen molar-refractivity contribution in [2.75, 3.05) is 0 Å². The molecule has 0 aromatic heterocycles. The van der Waals surface area contributed by atoms with E-state index in [1.165, 1.54) is 0 Å². The molecule has 0 aromatic rings. The van der Waals surface area contributed by atoms with Crippen molar-refractivity contribution in [2.24, 2.45) is 10.4 Å². The summed E-state index contributed by atoms with van der Waals surface area (Å²) in [5.41, 5.74) is 1.65. The Morgan fingerprint density at radius 2 is 1.92 bits per heavy atom. The SMILES string of the molecule is C=C1C=CC(C(C)(C)C)=NC1=N. The van der Waals surface area contributed by atoms with Crippen LogP contribution < -0.4 is 0 Å². The van der Waals surface area contributed by atoms with Gasteiger partial charge in [-0.15, -0.1) is 0 Å². The van der Waals surface area contributed by atoms with Crippen molar-refractivity contribution in [3.8, 4) is 0 Å². The van der Waals surface area contributed by atoms with E-state index in [1.807, 2.05) is 12.2 Å². The molecular formula is C10H14N2. The summed E-state index contributed by atoms with van der Waals surface area (Å²) in [5.74, 6) is 0.280. The number of amidine groups is 1. The van der Waals surface area contributed by atoms with Crippen LogP contribution >= 0.6 is 0 Å². The molecule has 1 aliphatic heterocycles. The highest BCUT2D eigenvalue weighted by Crippen LogP contribution is 2.20. The normalized spacial score (nSPS) is 18.1. The zero-order chi connectivity index (χ0) is 9.35. The van der Waals surface area contributed by atoms with E-state index < -0.39 is 0 Å². The maximum Gasteiger partial charge on any atom is 0.151 e. The number of hydrogen-bond donors (Lipinski definition) is 1.